The zero-order valence-corrected chi connectivity index (χ0v) is 34.3. The molecule has 0 spiro atoms. The fourth-order valence-electron chi connectivity index (χ4n) is 0. The fraction of sp³-hybridized carbons (Fsp3) is 0.0870. The van der Waals surface area contributed by atoms with E-state index in [4.69, 9.17) is 20.4 Å². The van der Waals surface area contributed by atoms with Crippen LogP contribution in [0.5, 0.6) is 0 Å². The summed E-state index contributed by atoms with van der Waals surface area (Å²) in [6, 6.07) is 0. The molecule has 0 aromatic heterocycles. The first-order chi connectivity index (χ1) is 24.8. The van der Waals surface area contributed by atoms with Gasteiger partial charge in [0.2, 0.25) is 0 Å². The summed E-state index contributed by atoms with van der Waals surface area (Å²) in [5, 5.41) is 30.5. The number of rotatable bonds is 2. The topological polar surface area (TPSA) is 80.9 Å². The van der Waals surface area contributed by atoms with Gasteiger partial charge in [-0.15, -0.1) is 276 Å². The molecule has 0 radical (unpaired) electrons. The molecule has 304 valence electrons. The van der Waals surface area contributed by atoms with Gasteiger partial charge >= 0.3 is 0 Å². The van der Waals surface area contributed by atoms with Gasteiger partial charge in [0.05, 0.1) is 26.4 Å². The summed E-state index contributed by atoms with van der Waals surface area (Å²) in [5.41, 5.74) is 0. The second kappa shape index (κ2) is 29700. The molecule has 0 saturated carbocycles. The number of aliphatic hydroxyl groups is 4. The van der Waals surface area contributed by atoms with Gasteiger partial charge in [-0.3, -0.25) is 0 Å². The van der Waals surface area contributed by atoms with Gasteiger partial charge in [-0.05, 0) is 0 Å². The summed E-state index contributed by atoms with van der Waals surface area (Å²) in [6.07, 6.45) is 0. The average Bonchev–Trinajstić information content (AvgIpc) is 3.35. The van der Waals surface area contributed by atoms with E-state index < -0.39 is 0 Å². The van der Waals surface area contributed by atoms with Crippen LogP contribution in [-0.4, -0.2) is 46.9 Å². The molecule has 0 aliphatic heterocycles. The van der Waals surface area contributed by atoms with Crippen molar-refractivity contribution in [3.63, 3.8) is 0 Å². The van der Waals surface area contributed by atoms with E-state index in [9.17, 15) is 0 Å². The van der Waals surface area contributed by atoms with Crippen LogP contribution in [0.3, 0.4) is 0 Å². The Labute approximate surface area is 322 Å². The Hall–Kier alpha value is -5.62. The van der Waals surface area contributed by atoms with Crippen LogP contribution in [0.25, 0.3) is 0 Å². The molecular weight excluding hydrogens is 617 g/mol. The maximum absolute atomic E-state index is 7.62. The van der Waals surface area contributed by atoms with Crippen molar-refractivity contribution >= 4 is 0 Å². The normalized spacial score (nSPS) is 2.88. The Morgan fingerprint density at radius 3 is 0.140 bits per heavy atom. The van der Waals surface area contributed by atoms with Crippen molar-refractivity contribution in [1.29, 1.82) is 0 Å². The second-order valence-corrected chi connectivity index (χ2v) is 0.894. The van der Waals surface area contributed by atoms with Crippen LogP contribution < -0.4 is 0 Å². The fourth-order valence-corrected chi connectivity index (χ4v) is 0. The molecule has 4 N–H and O–H groups in total. The van der Waals surface area contributed by atoms with Gasteiger partial charge in [0.1, 0.15) is 0 Å². The Kier molecular flexibility index (Phi) is 108000. The minimum Gasteiger partial charge on any atom is -0.394 e. The van der Waals surface area contributed by atoms with Gasteiger partial charge in [0, 0.05) is 0 Å². The maximum atomic E-state index is 7.62. The van der Waals surface area contributed by atoms with E-state index in [2.05, 4.69) is 276 Å². The van der Waals surface area contributed by atoms with E-state index in [1.165, 1.54) is 0 Å². The largest absolute Gasteiger partial charge is 0.394 e. The third kappa shape index (κ3) is 5540. The van der Waals surface area contributed by atoms with Crippen LogP contribution >= 0.6 is 0 Å². The quantitative estimate of drug-likeness (QED) is 0.215. The molecule has 0 bridgehead atoms. The van der Waals surface area contributed by atoms with Crippen molar-refractivity contribution < 1.29 is 20.4 Å². The summed E-state index contributed by atoms with van der Waals surface area (Å²) >= 11 is 0. The van der Waals surface area contributed by atoms with Crippen LogP contribution in [0.1, 0.15) is 0 Å². The molecule has 4 nitrogen and oxygen atoms in total. The van der Waals surface area contributed by atoms with Crippen LogP contribution in [-0.2, 0) is 0 Å². The highest BCUT2D eigenvalue weighted by molar-refractivity contribution is 4.26. The molecule has 0 unspecified atom stereocenters. The van der Waals surface area contributed by atoms with Gasteiger partial charge in [-0.2, -0.15) is 0 Å². The van der Waals surface area contributed by atoms with E-state index in [0.29, 0.717) is 0 Å². The summed E-state index contributed by atoms with van der Waals surface area (Å²) in [5.74, 6) is 0. The Balaban J connectivity index is -0.00000000730. The SMILES string of the molecule is C=C.C=C.C=C.C=C.C=C.C=C.C=C.C=C.C=C.C=C.C=C.C=C.C=C.C=C.C=C.C=C.C=C.C=C.C=C.C=C.C=C.OCCO.OCCO. The number of aliphatic hydroxyl groups excluding tert-OH is 4. The van der Waals surface area contributed by atoms with Crippen molar-refractivity contribution in [3.8, 4) is 0 Å². The monoisotopic (exact) mass is 713 g/mol. The minimum absolute atomic E-state index is 0.125. The van der Waals surface area contributed by atoms with E-state index in [1.54, 1.807) is 0 Å². The zero-order valence-electron chi connectivity index (χ0n) is 34.3. The van der Waals surface area contributed by atoms with E-state index >= 15 is 0 Å². The predicted octanol–water partition coefficient (Wildman–Crippen LogP) is 14.8. The molecule has 4 heteroatoms. The lowest BCUT2D eigenvalue weighted by Crippen LogP contribution is -1.85. The molecule has 0 amide bonds. The van der Waals surface area contributed by atoms with Crippen molar-refractivity contribution in [2.75, 3.05) is 26.4 Å². The standard InChI is InChI=1S/2C2H6O2.21C2H4/c2*3-1-2-4;21*1-2/h2*3-4H,1-2H2;21*1-2H2. The molecule has 0 aliphatic carbocycles. The van der Waals surface area contributed by atoms with Crippen molar-refractivity contribution in [2.45, 2.75) is 0 Å². The lowest BCUT2D eigenvalue weighted by atomic mass is 10.8. The van der Waals surface area contributed by atoms with Crippen LogP contribution in [0.4, 0.5) is 0 Å². The second-order valence-electron chi connectivity index (χ2n) is 0.894. The lowest BCUT2D eigenvalue weighted by molar-refractivity contribution is 0.186. The average molecular weight is 713 g/mol. The van der Waals surface area contributed by atoms with E-state index in [-0.39, 0.29) is 26.4 Å². The van der Waals surface area contributed by atoms with Gasteiger partial charge in [0.25, 0.3) is 0 Å². The minimum atomic E-state index is -0.125. The van der Waals surface area contributed by atoms with Crippen molar-refractivity contribution in [1.82, 2.24) is 0 Å². The first kappa shape index (κ1) is 183. The number of hydrogen-bond acceptors (Lipinski definition) is 4. The van der Waals surface area contributed by atoms with Crippen LogP contribution in [0.2, 0.25) is 0 Å². The predicted molar refractivity (Wildman–Crippen MR) is 265 cm³/mol. The molecule has 0 saturated heterocycles. The smallest absolute Gasteiger partial charge is 0.0662 e. The summed E-state index contributed by atoms with van der Waals surface area (Å²) in [4.78, 5) is 0. The molecule has 0 heterocycles. The molecule has 0 rings (SSSR count). The first-order valence-electron chi connectivity index (χ1n) is 12.8. The highest BCUT2D eigenvalue weighted by atomic mass is 16.3. The van der Waals surface area contributed by atoms with Crippen molar-refractivity contribution in [2.24, 2.45) is 0 Å². The maximum Gasteiger partial charge on any atom is 0.0662 e. The van der Waals surface area contributed by atoms with Gasteiger partial charge < -0.3 is 20.4 Å². The molecule has 0 aromatic carbocycles. The molecular formula is C46H96O4. The highest BCUT2D eigenvalue weighted by Gasteiger charge is 1.58. The summed E-state index contributed by atoms with van der Waals surface area (Å²) < 4.78 is 0. The van der Waals surface area contributed by atoms with Crippen molar-refractivity contribution in [3.05, 3.63) is 276 Å². The molecule has 0 atom stereocenters. The van der Waals surface area contributed by atoms with Crippen LogP contribution in [0, 0.1) is 0 Å². The van der Waals surface area contributed by atoms with Gasteiger partial charge in [-0.1, -0.05) is 0 Å². The molecule has 0 fully saturated rings. The van der Waals surface area contributed by atoms with Gasteiger partial charge in [-0.25, -0.2) is 0 Å². The van der Waals surface area contributed by atoms with Crippen LogP contribution in [0.15, 0.2) is 276 Å². The highest BCUT2D eigenvalue weighted by Crippen LogP contribution is 1.40. The molecule has 0 aliphatic rings. The third-order valence-electron chi connectivity index (χ3n) is 0.200. The third-order valence-corrected chi connectivity index (χ3v) is 0.200. The van der Waals surface area contributed by atoms with Gasteiger partial charge in [0.15, 0.2) is 0 Å². The Morgan fingerprint density at radius 1 is 0.120 bits per heavy atom. The van der Waals surface area contributed by atoms with E-state index in [1.807, 2.05) is 0 Å². The summed E-state index contributed by atoms with van der Waals surface area (Å²) in [6.45, 7) is 126. The Bertz CT molecular complexity index is 152. The number of hydrogen-bond donors (Lipinski definition) is 4. The Morgan fingerprint density at radius 2 is 0.140 bits per heavy atom. The lowest BCUT2D eigenvalue weighted by Gasteiger charge is -1.70. The van der Waals surface area contributed by atoms with E-state index in [0.717, 1.165) is 0 Å². The molecule has 50 heavy (non-hydrogen) atoms. The zero-order chi connectivity index (χ0) is 48.8. The first-order valence-corrected chi connectivity index (χ1v) is 12.8. The molecule has 0 aromatic rings. The summed E-state index contributed by atoms with van der Waals surface area (Å²) in [7, 11) is 0.